The van der Waals surface area contributed by atoms with Crippen molar-refractivity contribution < 1.29 is 4.79 Å². The number of primary amides is 1. The number of aromatic nitrogens is 1. The quantitative estimate of drug-likeness (QED) is 0.580. The number of hydrogen-bond donors (Lipinski definition) is 1. The van der Waals surface area contributed by atoms with Crippen LogP contribution in [-0.2, 0) is 4.79 Å². The van der Waals surface area contributed by atoms with Gasteiger partial charge in [-0.05, 0) is 0 Å². The van der Waals surface area contributed by atoms with Crippen LogP contribution in [0.3, 0.4) is 0 Å². The van der Waals surface area contributed by atoms with E-state index in [0.717, 1.165) is 0 Å². The van der Waals surface area contributed by atoms with Gasteiger partial charge < -0.3 is 5.73 Å². The van der Waals surface area contributed by atoms with Gasteiger partial charge in [0.05, 0.1) is 5.51 Å². The van der Waals surface area contributed by atoms with E-state index in [2.05, 4.69) is 10.7 Å². The van der Waals surface area contributed by atoms with Crippen molar-refractivity contribution in [2.45, 2.75) is 6.92 Å². The molecule has 0 radical (unpaired) electrons. The van der Waals surface area contributed by atoms with Crippen molar-refractivity contribution in [1.82, 2.24) is 4.98 Å². The summed E-state index contributed by atoms with van der Waals surface area (Å²) in [7, 11) is 0. The predicted molar refractivity (Wildman–Crippen MR) is 37.0 cm³/mol. The molecule has 3 nitrogen and oxygen atoms in total. The zero-order valence-corrected chi connectivity index (χ0v) is 5.89. The minimum atomic E-state index is -0.333. The fourth-order valence-electron chi connectivity index (χ4n) is 0.176. The summed E-state index contributed by atoms with van der Waals surface area (Å²) in [5.74, 6) is -0.333. The Morgan fingerprint density at radius 2 is 2.33 bits per heavy atom. The third-order valence-corrected chi connectivity index (χ3v) is 0.869. The Labute approximate surface area is 57.5 Å². The number of amides is 1. The number of nitrogens with zero attached hydrogens (tertiary/aromatic N) is 1. The maximum atomic E-state index is 9.22. The van der Waals surface area contributed by atoms with E-state index < -0.39 is 0 Å². The minimum Gasteiger partial charge on any atom is -0.370 e. The topological polar surface area (TPSA) is 56.0 Å². The molecule has 1 aromatic heterocycles. The first-order chi connectivity index (χ1) is 4.23. The van der Waals surface area contributed by atoms with E-state index >= 15 is 0 Å². The lowest BCUT2D eigenvalue weighted by Gasteiger charge is -1.60. The Kier molecular flexibility index (Phi) is 4.72. The Bertz CT molecular complexity index is 129. The van der Waals surface area contributed by atoms with Crippen LogP contribution in [0.25, 0.3) is 0 Å². The van der Waals surface area contributed by atoms with Gasteiger partial charge in [0.25, 0.3) is 0 Å². The standard InChI is InChI=1S/C3H3NS.C2H5NO/c1-2-5-3-4-1;1-2(3)4/h1-3H;1H3,(H2,3,4). The highest BCUT2D eigenvalue weighted by atomic mass is 32.1. The average Bonchev–Trinajstić information content (AvgIpc) is 2.11. The first kappa shape index (κ1) is 8.10. The number of rotatable bonds is 0. The molecular weight excluding hydrogens is 136 g/mol. The molecule has 0 fully saturated rings. The van der Waals surface area contributed by atoms with Crippen LogP contribution in [0.2, 0.25) is 0 Å². The van der Waals surface area contributed by atoms with Gasteiger partial charge in [-0.15, -0.1) is 11.3 Å². The van der Waals surface area contributed by atoms with Crippen LogP contribution in [0.4, 0.5) is 0 Å². The van der Waals surface area contributed by atoms with Gasteiger partial charge >= 0.3 is 0 Å². The summed E-state index contributed by atoms with van der Waals surface area (Å²) < 4.78 is 0. The molecule has 0 aliphatic rings. The van der Waals surface area contributed by atoms with Gasteiger partial charge in [-0.1, -0.05) is 0 Å². The van der Waals surface area contributed by atoms with Gasteiger partial charge in [0.15, 0.2) is 0 Å². The van der Waals surface area contributed by atoms with Gasteiger partial charge in [0.2, 0.25) is 5.91 Å². The fourth-order valence-corrected chi connectivity index (χ4v) is 0.527. The number of thiazole rings is 1. The van der Waals surface area contributed by atoms with Gasteiger partial charge in [-0.3, -0.25) is 9.78 Å². The van der Waals surface area contributed by atoms with Crippen molar-refractivity contribution in [3.63, 3.8) is 0 Å². The van der Waals surface area contributed by atoms with Gasteiger partial charge in [0, 0.05) is 18.5 Å². The van der Waals surface area contributed by atoms with Crippen molar-refractivity contribution in [2.75, 3.05) is 0 Å². The third kappa shape index (κ3) is 11.0. The maximum absolute atomic E-state index is 9.22. The lowest BCUT2D eigenvalue weighted by atomic mass is 10.8. The van der Waals surface area contributed by atoms with E-state index in [1.165, 1.54) is 6.92 Å². The lowest BCUT2D eigenvalue weighted by Crippen LogP contribution is -2.01. The van der Waals surface area contributed by atoms with Crippen molar-refractivity contribution in [2.24, 2.45) is 5.73 Å². The average molecular weight is 144 g/mol. The number of nitrogens with two attached hydrogens (primary N) is 1. The van der Waals surface area contributed by atoms with E-state index in [0.29, 0.717) is 0 Å². The Hall–Kier alpha value is -0.900. The summed E-state index contributed by atoms with van der Waals surface area (Å²) in [4.78, 5) is 13.0. The molecule has 0 unspecified atom stereocenters. The summed E-state index contributed by atoms with van der Waals surface area (Å²) >= 11 is 1.60. The molecule has 0 aliphatic heterocycles. The molecule has 0 spiro atoms. The number of carbonyl (C=O) groups is 1. The van der Waals surface area contributed by atoms with Crippen LogP contribution in [0, 0.1) is 0 Å². The molecular formula is C5H8N2OS. The summed E-state index contributed by atoms with van der Waals surface area (Å²) in [5.41, 5.74) is 6.26. The zero-order chi connectivity index (χ0) is 7.11. The van der Waals surface area contributed by atoms with Crippen LogP contribution in [-0.4, -0.2) is 10.9 Å². The van der Waals surface area contributed by atoms with Gasteiger partial charge in [0.1, 0.15) is 0 Å². The highest BCUT2D eigenvalue weighted by Crippen LogP contribution is 1.85. The second-order valence-electron chi connectivity index (χ2n) is 1.29. The fraction of sp³-hybridized carbons (Fsp3) is 0.200. The molecule has 1 heterocycles. The maximum Gasteiger partial charge on any atom is 0.214 e. The SMILES string of the molecule is CC(N)=O.c1cscn1. The molecule has 1 aromatic rings. The van der Waals surface area contributed by atoms with Crippen LogP contribution >= 0.6 is 11.3 Å². The van der Waals surface area contributed by atoms with E-state index in [1.54, 1.807) is 23.0 Å². The molecule has 0 atom stereocenters. The molecule has 0 aliphatic carbocycles. The normalized spacial score (nSPS) is 7.22. The second kappa shape index (κ2) is 5.24. The van der Waals surface area contributed by atoms with Crippen molar-refractivity contribution in [3.8, 4) is 0 Å². The zero-order valence-electron chi connectivity index (χ0n) is 5.07. The highest BCUT2D eigenvalue weighted by Gasteiger charge is 1.61. The summed E-state index contributed by atoms with van der Waals surface area (Å²) in [6.07, 6.45) is 1.77. The highest BCUT2D eigenvalue weighted by molar-refractivity contribution is 7.07. The number of carbonyl (C=O) groups excluding carboxylic acids is 1. The van der Waals surface area contributed by atoms with Crippen molar-refractivity contribution in [3.05, 3.63) is 17.1 Å². The minimum absolute atomic E-state index is 0.333. The van der Waals surface area contributed by atoms with E-state index in [9.17, 15) is 4.79 Å². The molecule has 2 N–H and O–H groups in total. The largest absolute Gasteiger partial charge is 0.370 e. The molecule has 0 bridgehead atoms. The Balaban J connectivity index is 0.000000148. The molecule has 0 saturated carbocycles. The molecule has 4 heteroatoms. The Morgan fingerprint density at radius 3 is 2.44 bits per heavy atom. The van der Waals surface area contributed by atoms with E-state index in [1.807, 2.05) is 5.38 Å². The van der Waals surface area contributed by atoms with Crippen LogP contribution in [0.5, 0.6) is 0 Å². The Morgan fingerprint density at radius 1 is 1.78 bits per heavy atom. The van der Waals surface area contributed by atoms with Crippen LogP contribution < -0.4 is 5.73 Å². The van der Waals surface area contributed by atoms with Gasteiger partial charge in [-0.25, -0.2) is 0 Å². The second-order valence-corrected chi connectivity index (χ2v) is 2.04. The lowest BCUT2D eigenvalue weighted by molar-refractivity contribution is -0.115. The third-order valence-electron chi connectivity index (χ3n) is 0.347. The molecule has 1 amide bonds. The molecule has 9 heavy (non-hydrogen) atoms. The molecule has 0 saturated heterocycles. The predicted octanol–water partition coefficient (Wildman–Crippen LogP) is 0.635. The van der Waals surface area contributed by atoms with Crippen LogP contribution in [0.15, 0.2) is 17.1 Å². The number of hydrogen-bond acceptors (Lipinski definition) is 3. The monoisotopic (exact) mass is 144 g/mol. The van der Waals surface area contributed by atoms with E-state index in [4.69, 9.17) is 0 Å². The van der Waals surface area contributed by atoms with Gasteiger partial charge in [-0.2, -0.15) is 0 Å². The summed E-state index contributed by atoms with van der Waals surface area (Å²) in [6, 6.07) is 0. The first-order valence-corrected chi connectivity index (χ1v) is 3.26. The molecule has 50 valence electrons. The van der Waals surface area contributed by atoms with Crippen LogP contribution in [0.1, 0.15) is 6.92 Å². The van der Waals surface area contributed by atoms with E-state index in [-0.39, 0.29) is 5.91 Å². The smallest absolute Gasteiger partial charge is 0.214 e. The summed E-state index contributed by atoms with van der Waals surface area (Å²) in [5, 5.41) is 1.93. The summed E-state index contributed by atoms with van der Waals surface area (Å²) in [6.45, 7) is 1.31. The first-order valence-electron chi connectivity index (χ1n) is 2.31. The van der Waals surface area contributed by atoms with Crippen molar-refractivity contribution in [1.29, 1.82) is 0 Å². The van der Waals surface area contributed by atoms with Crippen molar-refractivity contribution >= 4 is 17.2 Å². The molecule has 0 aromatic carbocycles. The molecule has 1 rings (SSSR count).